The Labute approximate surface area is 128 Å². The second-order valence-electron chi connectivity index (χ2n) is 6.40. The van der Waals surface area contributed by atoms with E-state index in [0.717, 1.165) is 45.3 Å². The zero-order valence-electron chi connectivity index (χ0n) is 13.6. The van der Waals surface area contributed by atoms with E-state index in [4.69, 9.17) is 14.2 Å². The molecule has 0 radical (unpaired) electrons. The molecule has 1 spiro atoms. The summed E-state index contributed by atoms with van der Waals surface area (Å²) >= 11 is 0. The summed E-state index contributed by atoms with van der Waals surface area (Å²) in [5.74, 6) is -0.0141. The molecule has 0 aromatic rings. The number of hydrogen-bond acceptors (Lipinski definition) is 4. The lowest BCUT2D eigenvalue weighted by Gasteiger charge is -2.30. The Morgan fingerprint density at radius 1 is 1.29 bits per heavy atom. The van der Waals surface area contributed by atoms with Crippen LogP contribution in [0.5, 0.6) is 0 Å². The van der Waals surface area contributed by atoms with Crippen molar-refractivity contribution in [2.24, 2.45) is 5.92 Å². The maximum Gasteiger partial charge on any atom is 0.302 e. The average molecular weight is 298 g/mol. The molecule has 2 atom stereocenters. The molecule has 1 aliphatic carbocycles. The van der Waals surface area contributed by atoms with Crippen LogP contribution in [0.15, 0.2) is 0 Å². The summed E-state index contributed by atoms with van der Waals surface area (Å²) in [6, 6.07) is 0. The van der Waals surface area contributed by atoms with Crippen LogP contribution in [0.3, 0.4) is 0 Å². The minimum absolute atomic E-state index is 0.0631. The van der Waals surface area contributed by atoms with Crippen LogP contribution >= 0.6 is 0 Å². The predicted octanol–water partition coefficient (Wildman–Crippen LogP) is 3.82. The summed E-state index contributed by atoms with van der Waals surface area (Å²) in [6.45, 7) is 5.14. The van der Waals surface area contributed by atoms with Crippen LogP contribution in [0.2, 0.25) is 0 Å². The molecule has 1 saturated heterocycles. The van der Waals surface area contributed by atoms with Gasteiger partial charge in [0.05, 0.1) is 13.2 Å². The van der Waals surface area contributed by atoms with Gasteiger partial charge in [0.1, 0.15) is 6.10 Å². The van der Waals surface area contributed by atoms with E-state index in [2.05, 4.69) is 6.92 Å². The highest BCUT2D eigenvalue weighted by Gasteiger charge is 2.47. The largest absolute Gasteiger partial charge is 0.463 e. The van der Waals surface area contributed by atoms with E-state index in [0.29, 0.717) is 5.92 Å². The summed E-state index contributed by atoms with van der Waals surface area (Å²) in [4.78, 5) is 11.3. The molecule has 4 heteroatoms. The molecule has 0 N–H and O–H groups in total. The summed E-state index contributed by atoms with van der Waals surface area (Å²) < 4.78 is 17.3. The van der Waals surface area contributed by atoms with Crippen LogP contribution in [0, 0.1) is 5.92 Å². The second kappa shape index (κ2) is 8.14. The van der Waals surface area contributed by atoms with Crippen molar-refractivity contribution >= 4 is 5.97 Å². The molecule has 2 rings (SSSR count). The molecule has 1 saturated carbocycles. The zero-order chi connectivity index (χ0) is 15.1. The normalized spacial score (nSPS) is 25.3. The van der Waals surface area contributed by atoms with E-state index in [-0.39, 0.29) is 17.9 Å². The van der Waals surface area contributed by atoms with Crippen LogP contribution in [0.25, 0.3) is 0 Å². The molecule has 21 heavy (non-hydrogen) atoms. The molecule has 1 heterocycles. The molecule has 2 unspecified atom stereocenters. The van der Waals surface area contributed by atoms with Crippen molar-refractivity contribution in [3.8, 4) is 0 Å². The smallest absolute Gasteiger partial charge is 0.302 e. The van der Waals surface area contributed by atoms with Crippen molar-refractivity contribution in [1.82, 2.24) is 0 Å². The van der Waals surface area contributed by atoms with Gasteiger partial charge in [-0.3, -0.25) is 4.79 Å². The third-order valence-electron chi connectivity index (χ3n) is 4.78. The van der Waals surface area contributed by atoms with Crippen LogP contribution in [0.4, 0.5) is 0 Å². The Morgan fingerprint density at radius 3 is 2.71 bits per heavy atom. The highest BCUT2D eigenvalue weighted by atomic mass is 16.7. The van der Waals surface area contributed by atoms with Crippen molar-refractivity contribution in [2.75, 3.05) is 13.2 Å². The van der Waals surface area contributed by atoms with Gasteiger partial charge in [-0.2, -0.15) is 0 Å². The van der Waals surface area contributed by atoms with E-state index in [1.807, 2.05) is 0 Å². The Hall–Kier alpha value is -0.610. The molecular formula is C17H30O4. The molecular weight excluding hydrogens is 268 g/mol. The lowest BCUT2D eigenvalue weighted by molar-refractivity contribution is -0.184. The molecule has 0 bridgehead atoms. The maximum absolute atomic E-state index is 11.3. The molecule has 122 valence electrons. The summed E-state index contributed by atoms with van der Waals surface area (Å²) in [6.07, 6.45) is 9.91. The fraction of sp³-hybridized carbons (Fsp3) is 0.941. The number of carbonyl (C=O) groups is 1. The molecule has 1 aliphatic heterocycles. The summed E-state index contributed by atoms with van der Waals surface area (Å²) in [7, 11) is 0. The molecule has 0 aromatic heterocycles. The lowest BCUT2D eigenvalue weighted by Crippen LogP contribution is -2.35. The van der Waals surface area contributed by atoms with Gasteiger partial charge in [-0.25, -0.2) is 0 Å². The van der Waals surface area contributed by atoms with Gasteiger partial charge in [-0.05, 0) is 38.5 Å². The van der Waals surface area contributed by atoms with E-state index in [9.17, 15) is 4.79 Å². The summed E-state index contributed by atoms with van der Waals surface area (Å²) in [5.41, 5.74) is 0. The van der Waals surface area contributed by atoms with E-state index in [1.54, 1.807) is 0 Å². The summed E-state index contributed by atoms with van der Waals surface area (Å²) in [5, 5.41) is 0. The first-order valence-electron chi connectivity index (χ1n) is 8.61. The topological polar surface area (TPSA) is 44.8 Å². The van der Waals surface area contributed by atoms with Crippen molar-refractivity contribution in [3.05, 3.63) is 0 Å². The first kappa shape index (κ1) is 16.8. The minimum atomic E-state index is -0.315. The number of ether oxygens (including phenoxy) is 3. The molecule has 0 amide bonds. The SMILES string of the molecule is CCCCCC(CCC1CCCC12OCCO2)OC(C)=O. The van der Waals surface area contributed by atoms with E-state index < -0.39 is 0 Å². The third-order valence-corrected chi connectivity index (χ3v) is 4.78. The number of hydrogen-bond donors (Lipinski definition) is 0. The van der Waals surface area contributed by atoms with E-state index >= 15 is 0 Å². The van der Waals surface area contributed by atoms with Gasteiger partial charge >= 0.3 is 5.97 Å². The highest BCUT2D eigenvalue weighted by molar-refractivity contribution is 5.66. The van der Waals surface area contributed by atoms with Crippen molar-refractivity contribution < 1.29 is 19.0 Å². The number of unbranched alkanes of at least 4 members (excludes halogenated alkanes) is 2. The predicted molar refractivity (Wildman–Crippen MR) is 80.9 cm³/mol. The van der Waals surface area contributed by atoms with Gasteiger partial charge < -0.3 is 14.2 Å². The quantitative estimate of drug-likeness (QED) is 0.505. The van der Waals surface area contributed by atoms with Gasteiger partial charge in [0.2, 0.25) is 0 Å². The third kappa shape index (κ3) is 4.68. The minimum Gasteiger partial charge on any atom is -0.463 e. The van der Waals surface area contributed by atoms with Gasteiger partial charge in [0.25, 0.3) is 0 Å². The van der Waals surface area contributed by atoms with Crippen molar-refractivity contribution in [2.45, 2.75) is 83.5 Å². The average Bonchev–Trinajstić information content (AvgIpc) is 3.07. The van der Waals surface area contributed by atoms with Gasteiger partial charge in [0.15, 0.2) is 5.79 Å². The zero-order valence-corrected chi connectivity index (χ0v) is 13.6. The van der Waals surface area contributed by atoms with Crippen LogP contribution < -0.4 is 0 Å². The van der Waals surface area contributed by atoms with Gasteiger partial charge in [-0.1, -0.05) is 19.8 Å². The van der Waals surface area contributed by atoms with Crippen LogP contribution in [0.1, 0.15) is 71.6 Å². The molecule has 2 aliphatic rings. The Morgan fingerprint density at radius 2 is 2.05 bits per heavy atom. The Balaban J connectivity index is 1.80. The number of rotatable bonds is 8. The first-order valence-corrected chi connectivity index (χ1v) is 8.61. The van der Waals surface area contributed by atoms with Gasteiger partial charge in [-0.15, -0.1) is 0 Å². The fourth-order valence-electron chi connectivity index (χ4n) is 3.74. The monoisotopic (exact) mass is 298 g/mol. The molecule has 2 fully saturated rings. The van der Waals surface area contributed by atoms with Crippen molar-refractivity contribution in [1.29, 1.82) is 0 Å². The number of esters is 1. The maximum atomic E-state index is 11.3. The highest BCUT2D eigenvalue weighted by Crippen LogP contribution is 2.44. The fourth-order valence-corrected chi connectivity index (χ4v) is 3.74. The number of carbonyl (C=O) groups excluding carboxylic acids is 1. The first-order chi connectivity index (χ1) is 10.2. The van der Waals surface area contributed by atoms with Gasteiger partial charge in [0, 0.05) is 19.3 Å². The Bertz CT molecular complexity index is 317. The Kier molecular flexibility index (Phi) is 6.49. The lowest BCUT2D eigenvalue weighted by atomic mass is 9.93. The van der Waals surface area contributed by atoms with Crippen LogP contribution in [-0.4, -0.2) is 31.1 Å². The van der Waals surface area contributed by atoms with Crippen LogP contribution in [-0.2, 0) is 19.0 Å². The molecule has 0 aromatic carbocycles. The molecule has 4 nitrogen and oxygen atoms in total. The van der Waals surface area contributed by atoms with E-state index in [1.165, 1.54) is 32.6 Å². The standard InChI is InChI=1S/C17H30O4/c1-3-4-5-8-16(21-14(2)18)10-9-15-7-6-11-17(15)19-12-13-20-17/h15-16H,3-13H2,1-2H3. The second-order valence-corrected chi connectivity index (χ2v) is 6.40. The van der Waals surface area contributed by atoms with Crippen molar-refractivity contribution in [3.63, 3.8) is 0 Å².